The van der Waals surface area contributed by atoms with E-state index in [1.54, 1.807) is 24.3 Å². The zero-order valence-electron chi connectivity index (χ0n) is 17.7. The minimum atomic E-state index is -1.50. The second-order valence-corrected chi connectivity index (χ2v) is 7.54. The van der Waals surface area contributed by atoms with Gasteiger partial charge in [-0.1, -0.05) is 0 Å². The molecule has 0 bridgehead atoms. The molecule has 2 aromatic carbocycles. The molecule has 0 saturated heterocycles. The summed E-state index contributed by atoms with van der Waals surface area (Å²) >= 11 is 0. The van der Waals surface area contributed by atoms with E-state index in [2.05, 4.69) is 4.90 Å². The van der Waals surface area contributed by atoms with Crippen molar-refractivity contribution in [2.75, 3.05) is 23.7 Å². The highest BCUT2D eigenvalue weighted by Gasteiger charge is 2.26. The van der Waals surface area contributed by atoms with Crippen LogP contribution in [0.1, 0.15) is 37.2 Å². The molecule has 0 radical (unpaired) electrons. The number of aliphatic hydroxyl groups is 2. The fraction of sp³-hybridized carbons (Fsp3) is 0.250. The first kappa shape index (κ1) is 21.6. The molecule has 2 atom stereocenters. The van der Waals surface area contributed by atoms with E-state index in [9.17, 15) is 19.8 Å². The number of anilines is 2. The van der Waals surface area contributed by atoms with Crippen LogP contribution in [0.3, 0.4) is 0 Å². The predicted octanol–water partition coefficient (Wildman–Crippen LogP) is 3.09. The van der Waals surface area contributed by atoms with Gasteiger partial charge in [-0.3, -0.25) is 0 Å². The molecule has 0 aliphatic rings. The largest absolute Gasteiger partial charge is 0.423 e. The fourth-order valence-corrected chi connectivity index (χ4v) is 4.00. The van der Waals surface area contributed by atoms with Gasteiger partial charge in [-0.25, -0.2) is 9.59 Å². The third-order valence-corrected chi connectivity index (χ3v) is 5.63. The highest BCUT2D eigenvalue weighted by Crippen LogP contribution is 2.36. The van der Waals surface area contributed by atoms with Crippen molar-refractivity contribution in [1.29, 1.82) is 0 Å². The Hall–Kier alpha value is -3.62. The van der Waals surface area contributed by atoms with Gasteiger partial charge >= 0.3 is 11.3 Å². The average Bonchev–Trinajstić information content (AvgIpc) is 2.77. The number of aliphatic hydroxyl groups excluding tert-OH is 2. The van der Waals surface area contributed by atoms with Crippen LogP contribution in [0.15, 0.2) is 67.0 Å². The Morgan fingerprint density at radius 2 is 1.31 bits per heavy atom. The lowest BCUT2D eigenvalue weighted by Gasteiger charge is -2.23. The van der Waals surface area contributed by atoms with Crippen LogP contribution in [0, 0.1) is 0 Å². The van der Waals surface area contributed by atoms with Crippen molar-refractivity contribution >= 4 is 33.3 Å². The summed E-state index contributed by atoms with van der Waals surface area (Å²) < 4.78 is 10.5. The van der Waals surface area contributed by atoms with Crippen LogP contribution in [0.2, 0.25) is 0 Å². The topological polar surface area (TPSA) is 130 Å². The molecule has 4 N–H and O–H groups in total. The molecule has 2 aromatic heterocycles. The smallest absolute Gasteiger partial charge is 0.336 e. The Morgan fingerprint density at radius 3 is 1.84 bits per heavy atom. The molecule has 0 spiro atoms. The Labute approximate surface area is 183 Å². The van der Waals surface area contributed by atoms with Crippen LogP contribution in [0.4, 0.5) is 11.4 Å². The number of nitrogens with two attached hydrogens (primary N) is 1. The Kier molecular flexibility index (Phi) is 5.73. The minimum Gasteiger partial charge on any atom is -0.423 e. The number of nitrogen functional groups attached to an aromatic ring is 1. The molecular formula is C24H24N2O6. The second kappa shape index (κ2) is 8.49. The maximum atomic E-state index is 12.2. The van der Waals surface area contributed by atoms with Crippen molar-refractivity contribution in [3.05, 3.63) is 80.5 Å². The molecule has 0 aliphatic carbocycles. The molecule has 0 fully saturated rings. The predicted molar refractivity (Wildman–Crippen MR) is 123 cm³/mol. The number of nitrogens with zero attached hydrogens (tertiary/aromatic N) is 1. The van der Waals surface area contributed by atoms with Gasteiger partial charge in [0.25, 0.3) is 0 Å². The lowest BCUT2D eigenvalue weighted by atomic mass is 9.94. The quantitative estimate of drug-likeness (QED) is 0.310. The van der Waals surface area contributed by atoms with E-state index in [4.69, 9.17) is 14.6 Å². The molecule has 0 amide bonds. The first-order valence-corrected chi connectivity index (χ1v) is 10.3. The summed E-state index contributed by atoms with van der Waals surface area (Å²) in [4.78, 5) is 26.4. The SMILES string of the molecule is CCN(CC)c1ccc2c(C(O)C(O)c3cc(=O)oc4cc(N)ccc34)cc(=O)oc2c1. The highest BCUT2D eigenvalue weighted by molar-refractivity contribution is 5.85. The molecule has 4 aromatic rings. The van der Waals surface area contributed by atoms with Gasteiger partial charge in [0, 0.05) is 70.6 Å². The van der Waals surface area contributed by atoms with Gasteiger partial charge in [-0.05, 0) is 38.1 Å². The summed E-state index contributed by atoms with van der Waals surface area (Å²) in [5.41, 5.74) is 6.55. The molecular weight excluding hydrogens is 412 g/mol. The van der Waals surface area contributed by atoms with Crippen LogP contribution in [-0.4, -0.2) is 23.3 Å². The average molecular weight is 436 g/mol. The van der Waals surface area contributed by atoms with E-state index < -0.39 is 23.5 Å². The van der Waals surface area contributed by atoms with Gasteiger partial charge in [0.15, 0.2) is 0 Å². The van der Waals surface area contributed by atoms with Crippen LogP contribution < -0.4 is 21.9 Å². The van der Waals surface area contributed by atoms with E-state index in [0.717, 1.165) is 30.9 Å². The second-order valence-electron chi connectivity index (χ2n) is 7.54. The van der Waals surface area contributed by atoms with E-state index in [-0.39, 0.29) is 16.7 Å². The van der Waals surface area contributed by atoms with Crippen LogP contribution >= 0.6 is 0 Å². The number of hydrogen-bond acceptors (Lipinski definition) is 8. The summed E-state index contributed by atoms with van der Waals surface area (Å²) in [7, 11) is 0. The summed E-state index contributed by atoms with van der Waals surface area (Å²) in [6, 6.07) is 12.3. The van der Waals surface area contributed by atoms with Crippen LogP contribution in [0.5, 0.6) is 0 Å². The maximum Gasteiger partial charge on any atom is 0.336 e. The van der Waals surface area contributed by atoms with Crippen molar-refractivity contribution in [3.63, 3.8) is 0 Å². The Bertz CT molecular complexity index is 1400. The standard InChI is InChI=1S/C24H24N2O6/c1-3-26(4-2)14-6-8-16-18(12-22(28)32-20(16)10-14)24(30)23(29)17-11-21(27)31-19-9-13(25)5-7-15(17)19/h5-12,23-24,29-30H,3-4,25H2,1-2H3. The molecule has 0 saturated carbocycles. The lowest BCUT2D eigenvalue weighted by molar-refractivity contribution is 0.0185. The fourth-order valence-electron chi connectivity index (χ4n) is 4.00. The van der Waals surface area contributed by atoms with Gasteiger partial charge in [0.2, 0.25) is 0 Å². The minimum absolute atomic E-state index is 0.171. The van der Waals surface area contributed by atoms with Gasteiger partial charge in [-0.15, -0.1) is 0 Å². The van der Waals surface area contributed by atoms with Crippen molar-refractivity contribution < 1.29 is 19.0 Å². The molecule has 8 nitrogen and oxygen atoms in total. The Balaban J connectivity index is 1.83. The van der Waals surface area contributed by atoms with E-state index in [1.807, 2.05) is 19.9 Å². The molecule has 0 aliphatic heterocycles. The number of hydrogen-bond donors (Lipinski definition) is 3. The third-order valence-electron chi connectivity index (χ3n) is 5.63. The van der Waals surface area contributed by atoms with Gasteiger partial charge in [0.1, 0.15) is 23.4 Å². The molecule has 8 heteroatoms. The zero-order valence-corrected chi connectivity index (χ0v) is 17.7. The van der Waals surface area contributed by atoms with Gasteiger partial charge in [-0.2, -0.15) is 0 Å². The molecule has 4 rings (SSSR count). The normalized spacial score (nSPS) is 13.4. The highest BCUT2D eigenvalue weighted by atomic mass is 16.4. The summed E-state index contributed by atoms with van der Waals surface area (Å²) in [6.45, 7) is 5.60. The number of rotatable bonds is 6. The summed E-state index contributed by atoms with van der Waals surface area (Å²) in [5.74, 6) is 0. The van der Waals surface area contributed by atoms with Crippen molar-refractivity contribution in [2.45, 2.75) is 26.1 Å². The van der Waals surface area contributed by atoms with Gasteiger partial charge < -0.3 is 29.7 Å². The first-order valence-electron chi connectivity index (χ1n) is 10.3. The molecule has 166 valence electrons. The van der Waals surface area contributed by atoms with Gasteiger partial charge in [0.05, 0.1) is 0 Å². The molecule has 2 unspecified atom stereocenters. The number of benzene rings is 2. The Morgan fingerprint density at radius 1 is 0.812 bits per heavy atom. The summed E-state index contributed by atoms with van der Waals surface area (Å²) in [5, 5.41) is 23.0. The molecule has 32 heavy (non-hydrogen) atoms. The molecule has 2 heterocycles. The first-order chi connectivity index (χ1) is 15.3. The van der Waals surface area contributed by atoms with E-state index in [0.29, 0.717) is 22.0 Å². The third kappa shape index (κ3) is 3.86. The zero-order chi connectivity index (χ0) is 23.0. The van der Waals surface area contributed by atoms with E-state index in [1.165, 1.54) is 6.07 Å². The van der Waals surface area contributed by atoms with Crippen LogP contribution in [-0.2, 0) is 0 Å². The monoisotopic (exact) mass is 436 g/mol. The van der Waals surface area contributed by atoms with Crippen molar-refractivity contribution in [2.24, 2.45) is 0 Å². The number of fused-ring (bicyclic) bond motifs is 2. The van der Waals surface area contributed by atoms with Crippen molar-refractivity contribution in [3.8, 4) is 0 Å². The lowest BCUT2D eigenvalue weighted by Crippen LogP contribution is -2.21. The van der Waals surface area contributed by atoms with Crippen LogP contribution in [0.25, 0.3) is 21.9 Å². The maximum absolute atomic E-state index is 12.2. The van der Waals surface area contributed by atoms with E-state index >= 15 is 0 Å². The summed E-state index contributed by atoms with van der Waals surface area (Å²) in [6.07, 6.45) is -3.00. The van der Waals surface area contributed by atoms with Crippen molar-refractivity contribution in [1.82, 2.24) is 0 Å².